The first-order valence-electron chi connectivity index (χ1n) is 5.69. The van der Waals surface area contributed by atoms with E-state index in [0.717, 1.165) is 5.56 Å². The first-order chi connectivity index (χ1) is 9.58. The van der Waals surface area contributed by atoms with Crippen LogP contribution in [0.1, 0.15) is 23.0 Å². The summed E-state index contributed by atoms with van der Waals surface area (Å²) in [6.45, 7) is 1.38. The van der Waals surface area contributed by atoms with Crippen LogP contribution in [-0.2, 0) is 4.79 Å². The summed E-state index contributed by atoms with van der Waals surface area (Å²) in [5.74, 6) is 1.93. The van der Waals surface area contributed by atoms with E-state index in [1.807, 2.05) is 0 Å². The minimum Gasteiger partial charge on any atom is -0.321 e. The largest absolute Gasteiger partial charge is 0.321 e. The van der Waals surface area contributed by atoms with Crippen LogP contribution in [0.2, 0.25) is 0 Å². The quantitative estimate of drug-likeness (QED) is 0.850. The monoisotopic (exact) mass is 285 g/mol. The maximum atomic E-state index is 11.9. The predicted molar refractivity (Wildman–Crippen MR) is 78.7 cm³/mol. The molecule has 0 radical (unpaired) electrons. The molecule has 0 aliphatic carbocycles. The van der Waals surface area contributed by atoms with Crippen molar-refractivity contribution < 1.29 is 9.59 Å². The number of hydrogen-bond acceptors (Lipinski definition) is 4. The third-order valence-electron chi connectivity index (χ3n) is 2.33. The van der Waals surface area contributed by atoms with Crippen molar-refractivity contribution in [3.63, 3.8) is 0 Å². The van der Waals surface area contributed by atoms with Crippen molar-refractivity contribution in [1.29, 1.82) is 0 Å². The molecule has 0 aliphatic rings. The van der Waals surface area contributed by atoms with Gasteiger partial charge in [0.1, 0.15) is 5.69 Å². The van der Waals surface area contributed by atoms with E-state index in [0.29, 0.717) is 10.8 Å². The van der Waals surface area contributed by atoms with Gasteiger partial charge in [-0.05, 0) is 24.3 Å². The van der Waals surface area contributed by atoms with Gasteiger partial charge in [-0.3, -0.25) is 9.59 Å². The highest BCUT2D eigenvalue weighted by Gasteiger charge is 2.11. The number of carbonyl (C=O) groups excluding carboxylic acids is 2. The summed E-state index contributed by atoms with van der Waals surface area (Å²) in [5, 5.41) is 7.20. The van der Waals surface area contributed by atoms with Crippen molar-refractivity contribution in [3.05, 3.63) is 40.9 Å². The Morgan fingerprint density at radius 2 is 1.95 bits per heavy atom. The number of thiazole rings is 1. The fraction of sp³-hybridized carbons (Fsp3) is 0.0714. The molecule has 0 spiro atoms. The average Bonchev–Trinajstić information content (AvgIpc) is 2.87. The Hall–Kier alpha value is -2.65. The number of anilines is 2. The molecule has 6 heteroatoms. The molecule has 0 saturated heterocycles. The molecule has 2 aromatic rings. The molecule has 0 atom stereocenters. The van der Waals surface area contributed by atoms with Crippen LogP contribution in [-0.4, -0.2) is 16.8 Å². The summed E-state index contributed by atoms with van der Waals surface area (Å²) in [7, 11) is 0. The highest BCUT2D eigenvalue weighted by Crippen LogP contribution is 2.17. The van der Waals surface area contributed by atoms with Crippen molar-refractivity contribution in [2.75, 3.05) is 10.6 Å². The van der Waals surface area contributed by atoms with Crippen LogP contribution in [0.3, 0.4) is 0 Å². The normalized spacial score (nSPS) is 9.60. The van der Waals surface area contributed by atoms with Gasteiger partial charge in [-0.25, -0.2) is 4.98 Å². The maximum Gasteiger partial charge on any atom is 0.275 e. The number of benzene rings is 1. The van der Waals surface area contributed by atoms with Crippen molar-refractivity contribution in [1.82, 2.24) is 4.98 Å². The lowest BCUT2D eigenvalue weighted by atomic mass is 10.2. The van der Waals surface area contributed by atoms with Crippen LogP contribution in [0.15, 0.2) is 29.6 Å². The van der Waals surface area contributed by atoms with Gasteiger partial charge >= 0.3 is 0 Å². The second-order valence-corrected chi connectivity index (χ2v) is 4.75. The second-order valence-electron chi connectivity index (χ2n) is 3.89. The number of nitrogens with one attached hydrogen (secondary N) is 2. The molecule has 100 valence electrons. The average molecular weight is 285 g/mol. The van der Waals surface area contributed by atoms with Gasteiger partial charge in [-0.2, -0.15) is 0 Å². The predicted octanol–water partition coefficient (Wildman–Crippen LogP) is 2.34. The van der Waals surface area contributed by atoms with E-state index in [9.17, 15) is 9.59 Å². The van der Waals surface area contributed by atoms with Gasteiger partial charge in [-0.1, -0.05) is 5.92 Å². The minimum absolute atomic E-state index is 0.226. The summed E-state index contributed by atoms with van der Waals surface area (Å²) in [5.41, 5.74) is 1.62. The highest BCUT2D eigenvalue weighted by molar-refractivity contribution is 7.14. The summed E-state index contributed by atoms with van der Waals surface area (Å²) < 4.78 is 0. The Morgan fingerprint density at radius 1 is 1.25 bits per heavy atom. The van der Waals surface area contributed by atoms with E-state index in [1.54, 1.807) is 29.6 Å². The van der Waals surface area contributed by atoms with Crippen LogP contribution < -0.4 is 10.6 Å². The molecule has 0 bridgehead atoms. The summed E-state index contributed by atoms with van der Waals surface area (Å²) in [4.78, 5) is 26.9. The summed E-state index contributed by atoms with van der Waals surface area (Å²) >= 11 is 1.19. The van der Waals surface area contributed by atoms with E-state index < -0.39 is 0 Å². The van der Waals surface area contributed by atoms with Gasteiger partial charge in [0, 0.05) is 23.6 Å². The molecule has 2 N–H and O–H groups in total. The summed E-state index contributed by atoms with van der Waals surface area (Å²) in [6, 6.07) is 6.90. The third kappa shape index (κ3) is 3.43. The number of terminal acetylenes is 1. The first-order valence-corrected chi connectivity index (χ1v) is 6.57. The molecule has 5 nitrogen and oxygen atoms in total. The Bertz CT molecular complexity index is 683. The van der Waals surface area contributed by atoms with Crippen LogP contribution in [0.25, 0.3) is 0 Å². The summed E-state index contributed by atoms with van der Waals surface area (Å²) in [6.07, 6.45) is 5.25. The second kappa shape index (κ2) is 5.99. The fourth-order valence-electron chi connectivity index (χ4n) is 1.43. The van der Waals surface area contributed by atoms with Crippen molar-refractivity contribution >= 4 is 34.0 Å². The smallest absolute Gasteiger partial charge is 0.275 e. The number of nitrogens with zero attached hydrogens (tertiary/aromatic N) is 1. The molecule has 2 amide bonds. The number of aromatic nitrogens is 1. The molecule has 1 aromatic heterocycles. The van der Waals surface area contributed by atoms with Gasteiger partial charge < -0.3 is 10.6 Å². The van der Waals surface area contributed by atoms with E-state index >= 15 is 0 Å². The third-order valence-corrected chi connectivity index (χ3v) is 3.09. The Morgan fingerprint density at radius 3 is 2.55 bits per heavy atom. The minimum atomic E-state index is -0.341. The number of amides is 2. The lowest BCUT2D eigenvalue weighted by molar-refractivity contribution is -0.114. The van der Waals surface area contributed by atoms with Crippen LogP contribution in [0.4, 0.5) is 10.8 Å². The van der Waals surface area contributed by atoms with Gasteiger partial charge in [0.2, 0.25) is 5.91 Å². The Labute approximate surface area is 120 Å². The molecule has 20 heavy (non-hydrogen) atoms. The van der Waals surface area contributed by atoms with E-state index in [2.05, 4.69) is 21.5 Å². The lowest BCUT2D eigenvalue weighted by Gasteiger charge is -2.02. The van der Waals surface area contributed by atoms with Crippen molar-refractivity contribution in [3.8, 4) is 12.3 Å². The van der Waals surface area contributed by atoms with Gasteiger partial charge in [0.25, 0.3) is 5.91 Å². The maximum absolute atomic E-state index is 11.9. The first kappa shape index (κ1) is 13.8. The topological polar surface area (TPSA) is 71.1 Å². The zero-order valence-corrected chi connectivity index (χ0v) is 11.5. The van der Waals surface area contributed by atoms with E-state index in [1.165, 1.54) is 18.3 Å². The molecule has 0 aliphatic heterocycles. The Kier molecular flexibility index (Phi) is 4.13. The van der Waals surface area contributed by atoms with Crippen molar-refractivity contribution in [2.45, 2.75) is 6.92 Å². The SMILES string of the molecule is C#Cc1ccc(NC(=O)c2csc(NC(C)=O)n2)cc1. The van der Waals surface area contributed by atoms with Crippen LogP contribution in [0, 0.1) is 12.3 Å². The van der Waals surface area contributed by atoms with Gasteiger partial charge in [0.05, 0.1) is 0 Å². The standard InChI is InChI=1S/C14H11N3O2S/c1-3-10-4-6-11(7-5-10)16-13(19)12-8-20-14(17-12)15-9(2)18/h1,4-8H,2H3,(H,16,19)(H,15,17,18). The van der Waals surface area contributed by atoms with Crippen LogP contribution in [0.5, 0.6) is 0 Å². The number of hydrogen-bond donors (Lipinski definition) is 2. The van der Waals surface area contributed by atoms with Crippen molar-refractivity contribution in [2.24, 2.45) is 0 Å². The number of rotatable bonds is 3. The van der Waals surface area contributed by atoms with Crippen LogP contribution >= 0.6 is 11.3 Å². The zero-order chi connectivity index (χ0) is 14.5. The fourth-order valence-corrected chi connectivity index (χ4v) is 2.17. The van der Waals surface area contributed by atoms with E-state index in [4.69, 9.17) is 6.42 Å². The Balaban J connectivity index is 2.05. The van der Waals surface area contributed by atoms with Gasteiger partial charge in [-0.15, -0.1) is 17.8 Å². The molecule has 0 unspecified atom stereocenters. The molecule has 0 fully saturated rings. The van der Waals surface area contributed by atoms with E-state index in [-0.39, 0.29) is 17.5 Å². The molecule has 1 aromatic carbocycles. The molecular weight excluding hydrogens is 274 g/mol. The van der Waals surface area contributed by atoms with Gasteiger partial charge in [0.15, 0.2) is 5.13 Å². The number of carbonyl (C=O) groups is 2. The molecular formula is C14H11N3O2S. The molecule has 1 heterocycles. The highest BCUT2D eigenvalue weighted by atomic mass is 32.1. The molecule has 2 rings (SSSR count). The molecule has 0 saturated carbocycles. The zero-order valence-electron chi connectivity index (χ0n) is 10.6. The lowest BCUT2D eigenvalue weighted by Crippen LogP contribution is -2.13.